The maximum Gasteiger partial charge on any atom is 0.414 e. The topological polar surface area (TPSA) is 114 Å². The Balaban J connectivity index is 0.000000288. The molecular formula is C8H12N2O4S. The fourth-order valence-corrected chi connectivity index (χ4v) is 1.28. The smallest absolute Gasteiger partial charge is 0.414 e. The molecule has 0 saturated carbocycles. The van der Waals surface area contributed by atoms with Gasteiger partial charge in [0.15, 0.2) is 0 Å². The number of aromatic nitrogens is 1. The number of carboxylic acid groups (broad SMARTS) is 2. The molecular weight excluding hydrogens is 220 g/mol. The molecule has 7 heteroatoms. The highest BCUT2D eigenvalue weighted by molar-refractivity contribution is 7.09. The molecule has 0 saturated heterocycles. The Morgan fingerprint density at radius 3 is 2.33 bits per heavy atom. The van der Waals surface area contributed by atoms with E-state index in [0.717, 1.165) is 19.4 Å². The van der Waals surface area contributed by atoms with Gasteiger partial charge in [0.2, 0.25) is 0 Å². The third-order valence-electron chi connectivity index (χ3n) is 1.29. The van der Waals surface area contributed by atoms with Crippen LogP contribution in [0.2, 0.25) is 0 Å². The summed E-state index contributed by atoms with van der Waals surface area (Å²) in [4.78, 5) is 23.5. The van der Waals surface area contributed by atoms with E-state index in [1.165, 1.54) is 4.88 Å². The fraction of sp³-hybridized carbons (Fsp3) is 0.375. The zero-order valence-corrected chi connectivity index (χ0v) is 8.74. The van der Waals surface area contributed by atoms with Crippen LogP contribution in [-0.4, -0.2) is 33.7 Å². The number of carboxylic acids is 2. The van der Waals surface area contributed by atoms with E-state index < -0.39 is 11.9 Å². The predicted molar refractivity (Wildman–Crippen MR) is 54.8 cm³/mol. The van der Waals surface area contributed by atoms with Crippen LogP contribution in [0.15, 0.2) is 11.7 Å². The standard InChI is InChI=1S/C6H10N2S.C2H2O4/c7-3-1-2-6-4-8-5-9-6;3-1(4)2(5)6/h4-5H,1-3,7H2;(H,3,4)(H,5,6). The van der Waals surface area contributed by atoms with Crippen molar-refractivity contribution < 1.29 is 19.8 Å². The Labute approximate surface area is 90.4 Å². The first kappa shape index (κ1) is 13.5. The van der Waals surface area contributed by atoms with Crippen LogP contribution in [0.5, 0.6) is 0 Å². The molecule has 0 bridgehead atoms. The van der Waals surface area contributed by atoms with Crippen LogP contribution >= 0.6 is 11.3 Å². The molecule has 0 aliphatic carbocycles. The predicted octanol–water partition coefficient (Wildman–Crippen LogP) is 0.190. The summed E-state index contributed by atoms with van der Waals surface area (Å²) in [5, 5.41) is 14.8. The molecule has 1 aromatic heterocycles. The van der Waals surface area contributed by atoms with Gasteiger partial charge in [-0.2, -0.15) is 0 Å². The first-order valence-electron chi connectivity index (χ1n) is 4.11. The van der Waals surface area contributed by atoms with Crippen molar-refractivity contribution in [1.29, 1.82) is 0 Å². The van der Waals surface area contributed by atoms with Gasteiger partial charge in [-0.15, -0.1) is 11.3 Å². The number of aryl methyl sites for hydroxylation is 1. The summed E-state index contributed by atoms with van der Waals surface area (Å²) in [6.45, 7) is 0.776. The van der Waals surface area contributed by atoms with Gasteiger partial charge in [0.1, 0.15) is 0 Å². The molecule has 4 N–H and O–H groups in total. The summed E-state index contributed by atoms with van der Waals surface area (Å²) in [6.07, 6.45) is 4.06. The van der Waals surface area contributed by atoms with Gasteiger partial charge in [-0.05, 0) is 19.4 Å². The normalized spacial score (nSPS) is 8.87. The van der Waals surface area contributed by atoms with Gasteiger partial charge in [0.05, 0.1) is 5.51 Å². The lowest BCUT2D eigenvalue weighted by molar-refractivity contribution is -0.159. The second kappa shape index (κ2) is 7.89. The van der Waals surface area contributed by atoms with E-state index >= 15 is 0 Å². The highest BCUT2D eigenvalue weighted by Crippen LogP contribution is 2.06. The summed E-state index contributed by atoms with van der Waals surface area (Å²) in [5.41, 5.74) is 7.18. The quantitative estimate of drug-likeness (QED) is 0.641. The minimum atomic E-state index is -1.82. The van der Waals surface area contributed by atoms with Gasteiger partial charge in [0, 0.05) is 11.1 Å². The van der Waals surface area contributed by atoms with Gasteiger partial charge >= 0.3 is 11.9 Å². The van der Waals surface area contributed by atoms with E-state index in [1.807, 2.05) is 11.7 Å². The second-order valence-electron chi connectivity index (χ2n) is 2.47. The van der Waals surface area contributed by atoms with Crippen molar-refractivity contribution in [3.63, 3.8) is 0 Å². The van der Waals surface area contributed by atoms with Crippen LogP contribution in [-0.2, 0) is 16.0 Å². The van der Waals surface area contributed by atoms with Crippen LogP contribution < -0.4 is 5.73 Å². The summed E-state index contributed by atoms with van der Waals surface area (Å²) in [5.74, 6) is -3.65. The molecule has 6 nitrogen and oxygen atoms in total. The molecule has 1 heterocycles. The molecule has 0 spiro atoms. The Kier molecular flexibility index (Phi) is 7.12. The number of carbonyl (C=O) groups is 2. The Morgan fingerprint density at radius 1 is 1.40 bits per heavy atom. The van der Waals surface area contributed by atoms with Crippen molar-refractivity contribution in [1.82, 2.24) is 4.98 Å². The zero-order valence-electron chi connectivity index (χ0n) is 7.92. The van der Waals surface area contributed by atoms with E-state index in [-0.39, 0.29) is 0 Å². The maximum absolute atomic E-state index is 9.10. The van der Waals surface area contributed by atoms with Crippen LogP contribution in [0.4, 0.5) is 0 Å². The number of nitrogens with two attached hydrogens (primary N) is 1. The van der Waals surface area contributed by atoms with E-state index in [1.54, 1.807) is 11.3 Å². The molecule has 0 radical (unpaired) electrons. The van der Waals surface area contributed by atoms with E-state index in [9.17, 15) is 0 Å². The van der Waals surface area contributed by atoms with Crippen LogP contribution in [0.3, 0.4) is 0 Å². The third kappa shape index (κ3) is 7.59. The lowest BCUT2D eigenvalue weighted by atomic mass is 10.3. The Morgan fingerprint density at radius 2 is 2.00 bits per heavy atom. The summed E-state index contributed by atoms with van der Waals surface area (Å²) >= 11 is 1.70. The van der Waals surface area contributed by atoms with Crippen LogP contribution in [0, 0.1) is 0 Å². The minimum Gasteiger partial charge on any atom is -0.473 e. The molecule has 84 valence electrons. The third-order valence-corrected chi connectivity index (χ3v) is 2.13. The average Bonchev–Trinajstić information content (AvgIpc) is 2.68. The highest BCUT2D eigenvalue weighted by Gasteiger charge is 2.04. The molecule has 1 rings (SSSR count). The number of hydrogen-bond acceptors (Lipinski definition) is 5. The number of thiazole rings is 1. The van der Waals surface area contributed by atoms with Crippen molar-refractivity contribution >= 4 is 23.3 Å². The zero-order chi connectivity index (χ0) is 11.7. The first-order chi connectivity index (χ1) is 7.07. The largest absolute Gasteiger partial charge is 0.473 e. The van der Waals surface area contributed by atoms with Gasteiger partial charge in [-0.3, -0.25) is 4.98 Å². The Hall–Kier alpha value is -1.47. The molecule has 0 unspecified atom stereocenters. The number of hydrogen-bond donors (Lipinski definition) is 3. The molecule has 0 aliphatic rings. The average molecular weight is 232 g/mol. The van der Waals surface area contributed by atoms with Gasteiger partial charge in [-0.25, -0.2) is 9.59 Å². The number of aliphatic carboxylic acids is 2. The first-order valence-corrected chi connectivity index (χ1v) is 4.99. The Bertz CT molecular complexity index is 288. The number of nitrogens with zero attached hydrogens (tertiary/aromatic N) is 1. The lowest BCUT2D eigenvalue weighted by Gasteiger charge is -1.89. The molecule has 0 fully saturated rings. The van der Waals surface area contributed by atoms with Crippen molar-refractivity contribution in [2.75, 3.05) is 6.54 Å². The molecule has 0 aliphatic heterocycles. The monoisotopic (exact) mass is 232 g/mol. The second-order valence-corrected chi connectivity index (χ2v) is 3.44. The van der Waals surface area contributed by atoms with Crippen molar-refractivity contribution in [3.8, 4) is 0 Å². The maximum atomic E-state index is 9.10. The summed E-state index contributed by atoms with van der Waals surface area (Å²) < 4.78 is 0. The van der Waals surface area contributed by atoms with E-state index in [0.29, 0.717) is 0 Å². The van der Waals surface area contributed by atoms with Crippen molar-refractivity contribution in [3.05, 3.63) is 16.6 Å². The van der Waals surface area contributed by atoms with Gasteiger partial charge in [0.25, 0.3) is 0 Å². The van der Waals surface area contributed by atoms with E-state index in [4.69, 9.17) is 25.5 Å². The minimum absolute atomic E-state index is 0.776. The number of rotatable bonds is 3. The summed E-state index contributed by atoms with van der Waals surface area (Å²) in [6, 6.07) is 0. The molecule has 0 aromatic carbocycles. The molecule has 0 atom stereocenters. The molecule has 15 heavy (non-hydrogen) atoms. The van der Waals surface area contributed by atoms with Gasteiger partial charge in [-0.1, -0.05) is 0 Å². The van der Waals surface area contributed by atoms with E-state index in [2.05, 4.69) is 4.98 Å². The highest BCUT2D eigenvalue weighted by atomic mass is 32.1. The molecule has 0 amide bonds. The van der Waals surface area contributed by atoms with Crippen LogP contribution in [0.25, 0.3) is 0 Å². The van der Waals surface area contributed by atoms with Crippen LogP contribution in [0.1, 0.15) is 11.3 Å². The molecule has 1 aromatic rings. The lowest BCUT2D eigenvalue weighted by Crippen LogP contribution is -2.09. The fourth-order valence-electron chi connectivity index (χ4n) is 0.642. The van der Waals surface area contributed by atoms with Gasteiger partial charge < -0.3 is 15.9 Å². The van der Waals surface area contributed by atoms with Crippen molar-refractivity contribution in [2.45, 2.75) is 12.8 Å². The van der Waals surface area contributed by atoms with Crippen molar-refractivity contribution in [2.24, 2.45) is 5.73 Å². The SMILES string of the molecule is NCCCc1cncs1.O=C(O)C(=O)O. The summed E-state index contributed by atoms with van der Waals surface area (Å²) in [7, 11) is 0.